The molecule has 128 valence electrons. The van der Waals surface area contributed by atoms with Gasteiger partial charge in [0, 0.05) is 43.4 Å². The van der Waals surface area contributed by atoms with Gasteiger partial charge in [-0.2, -0.15) is 0 Å². The van der Waals surface area contributed by atoms with Crippen LogP contribution in [0.4, 0.5) is 0 Å². The highest BCUT2D eigenvalue weighted by Gasteiger charge is 2.29. The molecule has 2 aliphatic rings. The molecule has 3 heterocycles. The van der Waals surface area contributed by atoms with Crippen LogP contribution in [-0.2, 0) is 19.5 Å². The summed E-state index contributed by atoms with van der Waals surface area (Å²) in [6.45, 7) is 4.78. The molecule has 1 aromatic carbocycles. The second-order valence-electron chi connectivity index (χ2n) is 7.12. The Kier molecular flexibility index (Phi) is 3.48. The summed E-state index contributed by atoms with van der Waals surface area (Å²) in [4.78, 5) is 11.8. The lowest BCUT2D eigenvalue weighted by atomic mass is 10.1. The Labute approximate surface area is 147 Å². The number of hydrogen-bond acceptors (Lipinski definition) is 4. The molecule has 1 saturated carbocycles. The molecule has 0 spiro atoms. The lowest BCUT2D eigenvalue weighted by Crippen LogP contribution is -2.31. The molecule has 1 fully saturated rings. The molecule has 0 bridgehead atoms. The average Bonchev–Trinajstić information content (AvgIpc) is 3.30. The lowest BCUT2D eigenvalue weighted by Gasteiger charge is -2.26. The Hall–Kier alpha value is -2.40. The van der Waals surface area contributed by atoms with Gasteiger partial charge in [-0.25, -0.2) is 9.97 Å². The molecule has 1 aliphatic carbocycles. The summed E-state index contributed by atoms with van der Waals surface area (Å²) >= 11 is 0. The summed E-state index contributed by atoms with van der Waals surface area (Å²) in [7, 11) is 0. The van der Waals surface area contributed by atoms with E-state index in [2.05, 4.69) is 14.5 Å². The minimum atomic E-state index is 0.712. The van der Waals surface area contributed by atoms with Crippen LogP contribution >= 0.6 is 0 Å². The fraction of sp³-hybridized carbons (Fsp3) is 0.400. The highest BCUT2D eigenvalue weighted by atomic mass is 16.4. The summed E-state index contributed by atoms with van der Waals surface area (Å²) in [6.07, 6.45) is 5.74. The number of hydrogen-bond donors (Lipinski definition) is 0. The number of aromatic nitrogens is 3. The number of oxazole rings is 1. The molecule has 5 nitrogen and oxygen atoms in total. The molecule has 0 radical (unpaired) electrons. The minimum Gasteiger partial charge on any atom is -0.441 e. The number of nitrogens with zero attached hydrogens (tertiary/aromatic N) is 4. The summed E-state index contributed by atoms with van der Waals surface area (Å²) in [5.74, 6) is 1.62. The molecule has 1 aliphatic heterocycles. The number of imidazole rings is 1. The van der Waals surface area contributed by atoms with Gasteiger partial charge in [-0.05, 0) is 31.9 Å². The van der Waals surface area contributed by atoms with Gasteiger partial charge in [-0.3, -0.25) is 4.90 Å². The van der Waals surface area contributed by atoms with Crippen LogP contribution < -0.4 is 0 Å². The third-order valence-electron chi connectivity index (χ3n) is 5.25. The quantitative estimate of drug-likeness (QED) is 0.729. The predicted molar refractivity (Wildman–Crippen MR) is 95.0 cm³/mol. The molecule has 0 saturated heterocycles. The van der Waals surface area contributed by atoms with Crippen molar-refractivity contribution < 1.29 is 4.42 Å². The van der Waals surface area contributed by atoms with Crippen LogP contribution in [0.5, 0.6) is 0 Å². The standard InChI is InChI=1S/C20H22N4O/c1-14-17(22-20(25-14)15-5-3-2-4-6-15)11-23-10-9-19-18(12-23)21-13-24(19)16-7-8-16/h2-6,13,16H,7-12H2,1H3. The summed E-state index contributed by atoms with van der Waals surface area (Å²) in [5.41, 5.74) is 4.74. The first-order chi connectivity index (χ1) is 12.3. The van der Waals surface area contributed by atoms with Crippen LogP contribution in [0.25, 0.3) is 11.5 Å². The third-order valence-corrected chi connectivity index (χ3v) is 5.25. The Morgan fingerprint density at radius 2 is 2.04 bits per heavy atom. The zero-order chi connectivity index (χ0) is 16.8. The number of benzene rings is 1. The van der Waals surface area contributed by atoms with Gasteiger partial charge in [-0.15, -0.1) is 0 Å². The first kappa shape index (κ1) is 14.9. The van der Waals surface area contributed by atoms with Crippen molar-refractivity contribution in [2.75, 3.05) is 6.54 Å². The monoisotopic (exact) mass is 334 g/mol. The lowest BCUT2D eigenvalue weighted by molar-refractivity contribution is 0.236. The molecule has 3 aromatic rings. The van der Waals surface area contributed by atoms with Crippen molar-refractivity contribution >= 4 is 0 Å². The van der Waals surface area contributed by atoms with E-state index in [1.165, 1.54) is 24.2 Å². The SMILES string of the molecule is Cc1oc(-c2ccccc2)nc1CN1CCc2c(ncn2C2CC2)C1. The van der Waals surface area contributed by atoms with Gasteiger partial charge >= 0.3 is 0 Å². The van der Waals surface area contributed by atoms with Gasteiger partial charge < -0.3 is 8.98 Å². The molecular weight excluding hydrogens is 312 g/mol. The van der Waals surface area contributed by atoms with Crippen molar-refractivity contribution in [1.29, 1.82) is 0 Å². The van der Waals surface area contributed by atoms with Gasteiger partial charge in [0.2, 0.25) is 5.89 Å². The molecule has 25 heavy (non-hydrogen) atoms. The molecule has 0 N–H and O–H groups in total. The van der Waals surface area contributed by atoms with Crippen molar-refractivity contribution in [3.63, 3.8) is 0 Å². The van der Waals surface area contributed by atoms with Crippen LogP contribution in [0.2, 0.25) is 0 Å². The summed E-state index contributed by atoms with van der Waals surface area (Å²) in [5, 5.41) is 0. The Morgan fingerprint density at radius 3 is 2.84 bits per heavy atom. The smallest absolute Gasteiger partial charge is 0.226 e. The van der Waals surface area contributed by atoms with Gasteiger partial charge in [0.15, 0.2) is 0 Å². The van der Waals surface area contributed by atoms with Gasteiger partial charge in [0.25, 0.3) is 0 Å². The zero-order valence-electron chi connectivity index (χ0n) is 14.5. The highest BCUT2D eigenvalue weighted by Crippen LogP contribution is 2.37. The van der Waals surface area contributed by atoms with E-state index >= 15 is 0 Å². The van der Waals surface area contributed by atoms with Crippen LogP contribution in [0, 0.1) is 6.92 Å². The maximum Gasteiger partial charge on any atom is 0.226 e. The van der Waals surface area contributed by atoms with Crippen molar-refractivity contribution in [3.8, 4) is 11.5 Å². The van der Waals surface area contributed by atoms with Gasteiger partial charge in [0.1, 0.15) is 5.76 Å². The van der Waals surface area contributed by atoms with E-state index in [-0.39, 0.29) is 0 Å². The number of rotatable bonds is 4. The van der Waals surface area contributed by atoms with E-state index in [0.717, 1.165) is 43.1 Å². The normalized spacial score (nSPS) is 17.6. The van der Waals surface area contributed by atoms with E-state index in [4.69, 9.17) is 9.40 Å². The minimum absolute atomic E-state index is 0.712. The fourth-order valence-electron chi connectivity index (χ4n) is 3.68. The molecule has 2 aromatic heterocycles. The molecule has 5 heteroatoms. The molecule has 5 rings (SSSR count). The van der Waals surface area contributed by atoms with Crippen molar-refractivity contribution in [2.45, 2.75) is 45.3 Å². The van der Waals surface area contributed by atoms with Crippen LogP contribution in [0.1, 0.15) is 41.7 Å². The van der Waals surface area contributed by atoms with Crippen molar-refractivity contribution in [3.05, 3.63) is 59.5 Å². The largest absolute Gasteiger partial charge is 0.441 e. The van der Waals surface area contributed by atoms with E-state index in [9.17, 15) is 0 Å². The van der Waals surface area contributed by atoms with E-state index in [0.29, 0.717) is 11.9 Å². The molecule has 0 amide bonds. The van der Waals surface area contributed by atoms with E-state index in [1.54, 1.807) is 0 Å². The average molecular weight is 334 g/mol. The third kappa shape index (κ3) is 2.78. The molecule has 0 atom stereocenters. The fourth-order valence-corrected chi connectivity index (χ4v) is 3.68. The number of aryl methyl sites for hydroxylation is 1. The predicted octanol–water partition coefficient (Wildman–Crippen LogP) is 3.74. The van der Waals surface area contributed by atoms with Crippen LogP contribution in [0.3, 0.4) is 0 Å². The van der Waals surface area contributed by atoms with Crippen LogP contribution in [0.15, 0.2) is 41.1 Å². The Bertz CT molecular complexity index is 892. The second-order valence-corrected chi connectivity index (χ2v) is 7.12. The first-order valence-electron chi connectivity index (χ1n) is 9.06. The zero-order valence-corrected chi connectivity index (χ0v) is 14.5. The Balaban J connectivity index is 1.33. The molecular formula is C20H22N4O. The number of fused-ring (bicyclic) bond motifs is 1. The first-order valence-corrected chi connectivity index (χ1v) is 9.06. The highest BCUT2D eigenvalue weighted by molar-refractivity contribution is 5.53. The van der Waals surface area contributed by atoms with E-state index in [1.807, 2.05) is 43.6 Å². The second kappa shape index (κ2) is 5.85. The van der Waals surface area contributed by atoms with Crippen molar-refractivity contribution in [1.82, 2.24) is 19.4 Å². The summed E-state index contributed by atoms with van der Waals surface area (Å²) < 4.78 is 8.30. The van der Waals surface area contributed by atoms with Gasteiger partial charge in [0.05, 0.1) is 17.7 Å². The summed E-state index contributed by atoms with van der Waals surface area (Å²) in [6, 6.07) is 10.8. The van der Waals surface area contributed by atoms with Crippen molar-refractivity contribution in [2.24, 2.45) is 0 Å². The van der Waals surface area contributed by atoms with E-state index < -0.39 is 0 Å². The maximum atomic E-state index is 5.90. The van der Waals surface area contributed by atoms with Crippen LogP contribution in [-0.4, -0.2) is 26.0 Å². The maximum absolute atomic E-state index is 5.90. The Morgan fingerprint density at radius 1 is 1.20 bits per heavy atom. The molecule has 0 unspecified atom stereocenters. The topological polar surface area (TPSA) is 47.1 Å². The van der Waals surface area contributed by atoms with Gasteiger partial charge in [-0.1, -0.05) is 18.2 Å².